The summed E-state index contributed by atoms with van der Waals surface area (Å²) in [6.07, 6.45) is 2.02. The van der Waals surface area contributed by atoms with Crippen LogP contribution in [0.15, 0.2) is 0 Å². The number of rotatable bonds is 7. The van der Waals surface area contributed by atoms with Crippen LogP contribution in [-0.4, -0.2) is 55.2 Å². The highest BCUT2D eigenvalue weighted by molar-refractivity contribution is 7.89. The van der Waals surface area contributed by atoms with Crippen molar-refractivity contribution in [1.29, 1.82) is 0 Å². The smallest absolute Gasteiger partial charge is 0.304 e. The van der Waals surface area contributed by atoms with Gasteiger partial charge in [0.25, 0.3) is 0 Å². The van der Waals surface area contributed by atoms with E-state index in [-0.39, 0.29) is 18.2 Å². The Morgan fingerprint density at radius 1 is 1.39 bits per heavy atom. The molecule has 7 heteroatoms. The van der Waals surface area contributed by atoms with Gasteiger partial charge in [-0.25, -0.2) is 8.42 Å². The SMILES string of the molecule is CCCN(C1CCNCC1)S(=O)(=O)CCC(=O)O. The Bertz CT molecular complexity index is 363. The molecular weight excluding hydrogens is 256 g/mol. The number of carboxylic acids is 1. The van der Waals surface area contributed by atoms with Crippen LogP contribution in [0, 0.1) is 0 Å². The van der Waals surface area contributed by atoms with Crippen LogP contribution < -0.4 is 5.32 Å². The lowest BCUT2D eigenvalue weighted by molar-refractivity contribution is -0.136. The molecule has 0 saturated carbocycles. The molecule has 1 aliphatic heterocycles. The molecule has 0 atom stereocenters. The van der Waals surface area contributed by atoms with E-state index in [0.29, 0.717) is 6.54 Å². The van der Waals surface area contributed by atoms with E-state index in [1.54, 1.807) is 0 Å². The lowest BCUT2D eigenvalue weighted by Gasteiger charge is -2.33. The quantitative estimate of drug-likeness (QED) is 0.697. The summed E-state index contributed by atoms with van der Waals surface area (Å²) < 4.78 is 25.8. The number of hydrogen-bond acceptors (Lipinski definition) is 4. The molecule has 106 valence electrons. The van der Waals surface area contributed by atoms with Gasteiger partial charge in [0, 0.05) is 12.6 Å². The molecule has 2 N–H and O–H groups in total. The van der Waals surface area contributed by atoms with Gasteiger partial charge >= 0.3 is 5.97 Å². The Morgan fingerprint density at radius 2 is 2.00 bits per heavy atom. The Kier molecular flexibility index (Phi) is 6.04. The molecular formula is C11H22N2O4S. The van der Waals surface area contributed by atoms with Crippen LogP contribution in [0.4, 0.5) is 0 Å². The van der Waals surface area contributed by atoms with Crippen LogP contribution in [0.3, 0.4) is 0 Å². The van der Waals surface area contributed by atoms with E-state index in [4.69, 9.17) is 5.11 Å². The number of carboxylic acid groups (broad SMARTS) is 1. The van der Waals surface area contributed by atoms with E-state index in [2.05, 4.69) is 5.32 Å². The second-order valence-electron chi connectivity index (χ2n) is 4.55. The van der Waals surface area contributed by atoms with Crippen LogP contribution >= 0.6 is 0 Å². The first kappa shape index (κ1) is 15.4. The van der Waals surface area contributed by atoms with E-state index in [1.807, 2.05) is 6.92 Å². The molecule has 0 aromatic rings. The zero-order valence-electron chi connectivity index (χ0n) is 10.8. The van der Waals surface area contributed by atoms with Gasteiger partial charge in [-0.1, -0.05) is 6.92 Å². The summed E-state index contributed by atoms with van der Waals surface area (Å²) in [6.45, 7) is 4.05. The fourth-order valence-corrected chi connectivity index (χ4v) is 3.99. The third kappa shape index (κ3) is 4.55. The molecule has 1 saturated heterocycles. The number of carbonyl (C=O) groups is 1. The Balaban J connectivity index is 2.72. The molecule has 1 heterocycles. The molecule has 0 aromatic carbocycles. The second kappa shape index (κ2) is 7.06. The predicted molar refractivity (Wildman–Crippen MR) is 68.9 cm³/mol. The highest BCUT2D eigenvalue weighted by atomic mass is 32.2. The normalized spacial score (nSPS) is 18.1. The van der Waals surface area contributed by atoms with Crippen LogP contribution in [-0.2, 0) is 14.8 Å². The minimum absolute atomic E-state index is 0.0185. The number of aliphatic carboxylic acids is 1. The first-order valence-corrected chi connectivity index (χ1v) is 8.00. The van der Waals surface area contributed by atoms with E-state index in [1.165, 1.54) is 4.31 Å². The Labute approximate surface area is 108 Å². The van der Waals surface area contributed by atoms with Crippen molar-refractivity contribution in [3.05, 3.63) is 0 Å². The summed E-state index contributed by atoms with van der Waals surface area (Å²) in [7, 11) is -3.45. The number of nitrogens with one attached hydrogen (secondary N) is 1. The zero-order chi connectivity index (χ0) is 13.6. The van der Waals surface area contributed by atoms with Crippen LogP contribution in [0.5, 0.6) is 0 Å². The van der Waals surface area contributed by atoms with E-state index in [0.717, 1.165) is 32.4 Å². The summed E-state index contributed by atoms with van der Waals surface area (Å²) in [6, 6.07) is 0.0185. The fourth-order valence-electron chi connectivity index (χ4n) is 2.20. The maximum atomic E-state index is 12.2. The number of sulfonamides is 1. The van der Waals surface area contributed by atoms with E-state index in [9.17, 15) is 13.2 Å². The molecule has 0 radical (unpaired) electrons. The molecule has 0 aliphatic carbocycles. The maximum absolute atomic E-state index is 12.2. The van der Waals surface area contributed by atoms with Crippen molar-refractivity contribution >= 4 is 16.0 Å². The molecule has 0 aromatic heterocycles. The van der Waals surface area contributed by atoms with Crippen molar-refractivity contribution in [2.45, 2.75) is 38.6 Å². The molecule has 18 heavy (non-hydrogen) atoms. The first-order valence-electron chi connectivity index (χ1n) is 6.39. The van der Waals surface area contributed by atoms with Crippen LogP contribution in [0.25, 0.3) is 0 Å². The molecule has 0 spiro atoms. The number of nitrogens with zero attached hydrogens (tertiary/aromatic N) is 1. The topological polar surface area (TPSA) is 86.7 Å². The third-order valence-corrected chi connectivity index (χ3v) is 5.01. The summed E-state index contributed by atoms with van der Waals surface area (Å²) in [5.74, 6) is -1.37. The molecule has 0 unspecified atom stereocenters. The van der Waals surface area contributed by atoms with E-state index < -0.39 is 16.0 Å². The molecule has 0 amide bonds. The summed E-state index contributed by atoms with van der Waals surface area (Å²) >= 11 is 0. The first-order chi connectivity index (χ1) is 8.47. The van der Waals surface area contributed by atoms with Gasteiger partial charge in [-0.2, -0.15) is 4.31 Å². The van der Waals surface area contributed by atoms with Crippen molar-refractivity contribution in [3.63, 3.8) is 0 Å². The summed E-state index contributed by atoms with van der Waals surface area (Å²) in [5, 5.41) is 11.8. The largest absolute Gasteiger partial charge is 0.481 e. The molecule has 1 fully saturated rings. The average Bonchev–Trinajstić information content (AvgIpc) is 2.34. The third-order valence-electron chi connectivity index (χ3n) is 3.09. The van der Waals surface area contributed by atoms with Crippen LogP contribution in [0.1, 0.15) is 32.6 Å². The van der Waals surface area contributed by atoms with Crippen molar-refractivity contribution in [2.75, 3.05) is 25.4 Å². The van der Waals surface area contributed by atoms with Crippen LogP contribution in [0.2, 0.25) is 0 Å². The maximum Gasteiger partial charge on any atom is 0.304 e. The van der Waals surface area contributed by atoms with Crippen molar-refractivity contribution in [3.8, 4) is 0 Å². The lowest BCUT2D eigenvalue weighted by Crippen LogP contribution is -2.47. The van der Waals surface area contributed by atoms with Crippen molar-refractivity contribution < 1.29 is 18.3 Å². The van der Waals surface area contributed by atoms with Gasteiger partial charge in [-0.05, 0) is 32.4 Å². The zero-order valence-corrected chi connectivity index (χ0v) is 11.6. The van der Waals surface area contributed by atoms with Gasteiger partial charge in [0.2, 0.25) is 10.0 Å². The highest BCUT2D eigenvalue weighted by Crippen LogP contribution is 2.17. The van der Waals surface area contributed by atoms with Gasteiger partial charge in [0.15, 0.2) is 0 Å². The highest BCUT2D eigenvalue weighted by Gasteiger charge is 2.30. The van der Waals surface area contributed by atoms with Crippen molar-refractivity contribution in [1.82, 2.24) is 9.62 Å². The van der Waals surface area contributed by atoms with Gasteiger partial charge < -0.3 is 10.4 Å². The van der Waals surface area contributed by atoms with Gasteiger partial charge in [-0.15, -0.1) is 0 Å². The van der Waals surface area contributed by atoms with Gasteiger partial charge in [-0.3, -0.25) is 4.79 Å². The predicted octanol–water partition coefficient (Wildman–Crippen LogP) is 0.255. The van der Waals surface area contributed by atoms with Crippen molar-refractivity contribution in [2.24, 2.45) is 0 Å². The Hall–Kier alpha value is -0.660. The average molecular weight is 278 g/mol. The van der Waals surface area contributed by atoms with Gasteiger partial charge in [0.05, 0.1) is 12.2 Å². The minimum Gasteiger partial charge on any atom is -0.481 e. The monoisotopic (exact) mass is 278 g/mol. The summed E-state index contributed by atoms with van der Waals surface area (Å²) in [4.78, 5) is 10.5. The molecule has 6 nitrogen and oxygen atoms in total. The fraction of sp³-hybridized carbons (Fsp3) is 0.909. The summed E-state index contributed by atoms with van der Waals surface area (Å²) in [5.41, 5.74) is 0. The number of hydrogen-bond donors (Lipinski definition) is 2. The molecule has 1 aliphatic rings. The second-order valence-corrected chi connectivity index (χ2v) is 6.59. The van der Waals surface area contributed by atoms with Gasteiger partial charge in [0.1, 0.15) is 0 Å². The minimum atomic E-state index is -3.45. The Morgan fingerprint density at radius 3 is 2.50 bits per heavy atom. The molecule has 1 rings (SSSR count). The number of piperidine rings is 1. The standard InChI is InChI=1S/C11H22N2O4S/c1-2-8-13(10-3-6-12-7-4-10)18(16,17)9-5-11(14)15/h10,12H,2-9H2,1H3,(H,14,15). The lowest BCUT2D eigenvalue weighted by atomic mass is 10.1. The van der Waals surface area contributed by atoms with E-state index >= 15 is 0 Å². The molecule has 0 bridgehead atoms.